The summed E-state index contributed by atoms with van der Waals surface area (Å²) in [6.45, 7) is 19.3. The van der Waals surface area contributed by atoms with Crippen LogP contribution in [0.2, 0.25) is 0 Å². The standard InChI is InChI=1S/C20H36O3/c1-17(2)21-14-8-7-11-20(12-9-15-22-18(3)4)13-10-16-23-19(5)6/h20H,1,3,5,7-16H2,2,4,6H3. The molecule has 0 radical (unpaired) electrons. The van der Waals surface area contributed by atoms with Gasteiger partial charge in [-0.05, 0) is 65.2 Å². The highest BCUT2D eigenvalue weighted by Crippen LogP contribution is 2.21. The zero-order valence-electron chi connectivity index (χ0n) is 15.5. The second kappa shape index (κ2) is 14.2. The summed E-state index contributed by atoms with van der Waals surface area (Å²) in [5.74, 6) is 3.12. The van der Waals surface area contributed by atoms with Crippen LogP contribution < -0.4 is 0 Å². The maximum Gasteiger partial charge on any atom is 0.0877 e. The highest BCUT2D eigenvalue weighted by atomic mass is 16.5. The van der Waals surface area contributed by atoms with Gasteiger partial charge in [0.2, 0.25) is 0 Å². The molecule has 0 atom stereocenters. The van der Waals surface area contributed by atoms with Gasteiger partial charge in [-0.25, -0.2) is 0 Å². The summed E-state index contributed by atoms with van der Waals surface area (Å²) >= 11 is 0. The van der Waals surface area contributed by atoms with Crippen LogP contribution in [-0.4, -0.2) is 19.8 Å². The third kappa shape index (κ3) is 16.8. The summed E-state index contributed by atoms with van der Waals surface area (Å²) in [6.07, 6.45) is 8.08. The van der Waals surface area contributed by atoms with E-state index in [-0.39, 0.29) is 0 Å². The zero-order valence-corrected chi connectivity index (χ0v) is 15.5. The first-order valence-corrected chi connectivity index (χ1v) is 8.76. The van der Waals surface area contributed by atoms with Crippen molar-refractivity contribution in [2.45, 2.75) is 65.7 Å². The summed E-state index contributed by atoms with van der Waals surface area (Å²) in [5, 5.41) is 0. The first-order chi connectivity index (χ1) is 10.9. The Bertz CT molecular complexity index is 325. The number of hydrogen-bond acceptors (Lipinski definition) is 3. The smallest absolute Gasteiger partial charge is 0.0877 e. The minimum absolute atomic E-state index is 0.724. The Morgan fingerprint density at radius 2 is 0.957 bits per heavy atom. The molecule has 0 aliphatic carbocycles. The lowest BCUT2D eigenvalue weighted by Gasteiger charge is -2.17. The lowest BCUT2D eigenvalue weighted by atomic mass is 9.92. The second-order valence-electron chi connectivity index (χ2n) is 6.30. The van der Waals surface area contributed by atoms with E-state index in [4.69, 9.17) is 14.2 Å². The van der Waals surface area contributed by atoms with E-state index in [1.165, 1.54) is 25.7 Å². The fourth-order valence-electron chi connectivity index (χ4n) is 2.45. The van der Waals surface area contributed by atoms with Crippen LogP contribution in [0.25, 0.3) is 0 Å². The van der Waals surface area contributed by atoms with Crippen LogP contribution in [0.1, 0.15) is 65.7 Å². The number of rotatable bonds is 16. The molecule has 0 spiro atoms. The van der Waals surface area contributed by atoms with Gasteiger partial charge in [-0.15, -0.1) is 0 Å². The molecule has 0 amide bonds. The average Bonchev–Trinajstić information content (AvgIpc) is 2.45. The normalized spacial score (nSPS) is 10.4. The fraction of sp³-hybridized carbons (Fsp3) is 0.700. The Labute approximate surface area is 143 Å². The Kier molecular flexibility index (Phi) is 13.4. The van der Waals surface area contributed by atoms with Crippen LogP contribution in [-0.2, 0) is 14.2 Å². The van der Waals surface area contributed by atoms with Crippen molar-refractivity contribution in [2.75, 3.05) is 19.8 Å². The maximum absolute atomic E-state index is 5.46. The Morgan fingerprint density at radius 3 is 1.35 bits per heavy atom. The van der Waals surface area contributed by atoms with E-state index in [1.54, 1.807) is 0 Å². The first kappa shape index (κ1) is 21.6. The van der Waals surface area contributed by atoms with Crippen molar-refractivity contribution in [1.29, 1.82) is 0 Å². The number of ether oxygens (including phenoxy) is 3. The Morgan fingerprint density at radius 1 is 0.609 bits per heavy atom. The molecular weight excluding hydrogens is 288 g/mol. The van der Waals surface area contributed by atoms with Crippen LogP contribution in [0.4, 0.5) is 0 Å². The van der Waals surface area contributed by atoms with Gasteiger partial charge in [0, 0.05) is 0 Å². The van der Waals surface area contributed by atoms with Gasteiger partial charge in [-0.3, -0.25) is 0 Å². The van der Waals surface area contributed by atoms with Crippen molar-refractivity contribution in [3.8, 4) is 0 Å². The first-order valence-electron chi connectivity index (χ1n) is 8.76. The Hall–Kier alpha value is -1.38. The van der Waals surface area contributed by atoms with Gasteiger partial charge in [0.1, 0.15) is 0 Å². The van der Waals surface area contributed by atoms with Gasteiger partial charge < -0.3 is 14.2 Å². The lowest BCUT2D eigenvalue weighted by Crippen LogP contribution is -2.06. The highest BCUT2D eigenvalue weighted by Gasteiger charge is 2.09. The quantitative estimate of drug-likeness (QED) is 0.258. The third-order valence-electron chi connectivity index (χ3n) is 3.57. The summed E-state index contributed by atoms with van der Waals surface area (Å²) in [7, 11) is 0. The molecule has 0 saturated heterocycles. The van der Waals surface area contributed by atoms with E-state index < -0.39 is 0 Å². The van der Waals surface area contributed by atoms with Crippen LogP contribution in [0, 0.1) is 5.92 Å². The van der Waals surface area contributed by atoms with Gasteiger partial charge in [-0.1, -0.05) is 26.2 Å². The van der Waals surface area contributed by atoms with Crippen molar-refractivity contribution in [3.63, 3.8) is 0 Å². The molecule has 3 nitrogen and oxygen atoms in total. The van der Waals surface area contributed by atoms with Gasteiger partial charge in [0.15, 0.2) is 0 Å². The predicted molar refractivity (Wildman–Crippen MR) is 98.1 cm³/mol. The second-order valence-corrected chi connectivity index (χ2v) is 6.30. The molecule has 0 bridgehead atoms. The van der Waals surface area contributed by atoms with Crippen molar-refractivity contribution in [1.82, 2.24) is 0 Å². The number of hydrogen-bond donors (Lipinski definition) is 0. The van der Waals surface area contributed by atoms with Gasteiger partial charge in [0.05, 0.1) is 37.1 Å². The van der Waals surface area contributed by atoms with Crippen LogP contribution >= 0.6 is 0 Å². The molecule has 0 fully saturated rings. The number of unbranched alkanes of at least 4 members (excludes halogenated alkanes) is 1. The SMILES string of the molecule is C=C(C)OCCCCC(CCCOC(=C)C)CCCOC(=C)C. The molecular formula is C20H36O3. The molecule has 0 saturated carbocycles. The maximum atomic E-state index is 5.46. The molecule has 0 aromatic heterocycles. The van der Waals surface area contributed by atoms with Crippen molar-refractivity contribution < 1.29 is 14.2 Å². The third-order valence-corrected chi connectivity index (χ3v) is 3.57. The largest absolute Gasteiger partial charge is 0.499 e. The molecule has 0 aliphatic heterocycles. The van der Waals surface area contributed by atoms with Gasteiger partial charge in [0.25, 0.3) is 0 Å². The van der Waals surface area contributed by atoms with Crippen molar-refractivity contribution >= 4 is 0 Å². The van der Waals surface area contributed by atoms with E-state index in [1.807, 2.05) is 20.8 Å². The molecule has 0 aliphatic rings. The van der Waals surface area contributed by atoms with E-state index >= 15 is 0 Å². The van der Waals surface area contributed by atoms with Crippen LogP contribution in [0.3, 0.4) is 0 Å². The zero-order chi connectivity index (χ0) is 17.5. The summed E-state index contributed by atoms with van der Waals surface area (Å²) in [4.78, 5) is 0. The van der Waals surface area contributed by atoms with E-state index in [2.05, 4.69) is 19.7 Å². The lowest BCUT2D eigenvalue weighted by molar-refractivity contribution is 0.182. The summed E-state index contributed by atoms with van der Waals surface area (Å²) in [6, 6.07) is 0. The van der Waals surface area contributed by atoms with Crippen molar-refractivity contribution in [3.05, 3.63) is 37.0 Å². The van der Waals surface area contributed by atoms with Gasteiger partial charge in [-0.2, -0.15) is 0 Å². The fourth-order valence-corrected chi connectivity index (χ4v) is 2.45. The van der Waals surface area contributed by atoms with Crippen molar-refractivity contribution in [2.24, 2.45) is 5.92 Å². The summed E-state index contributed by atoms with van der Waals surface area (Å²) in [5.41, 5.74) is 0. The minimum atomic E-state index is 0.724. The topological polar surface area (TPSA) is 27.7 Å². The number of allylic oxidation sites excluding steroid dienone is 3. The van der Waals surface area contributed by atoms with Gasteiger partial charge >= 0.3 is 0 Å². The Balaban J connectivity index is 3.92. The molecule has 0 unspecified atom stereocenters. The average molecular weight is 325 g/mol. The van der Waals surface area contributed by atoms with E-state index in [0.717, 1.165) is 62.3 Å². The van der Waals surface area contributed by atoms with E-state index in [0.29, 0.717) is 0 Å². The monoisotopic (exact) mass is 324 g/mol. The molecule has 23 heavy (non-hydrogen) atoms. The van der Waals surface area contributed by atoms with Crippen LogP contribution in [0.5, 0.6) is 0 Å². The molecule has 0 aromatic carbocycles. The highest BCUT2D eigenvalue weighted by molar-refractivity contribution is 4.75. The molecule has 0 N–H and O–H groups in total. The minimum Gasteiger partial charge on any atom is -0.499 e. The van der Waals surface area contributed by atoms with Crippen LogP contribution in [0.15, 0.2) is 37.0 Å². The molecule has 3 heteroatoms. The molecule has 0 aromatic rings. The molecule has 134 valence electrons. The molecule has 0 heterocycles. The summed E-state index contributed by atoms with van der Waals surface area (Å²) < 4.78 is 16.3. The van der Waals surface area contributed by atoms with E-state index in [9.17, 15) is 0 Å². The predicted octanol–water partition coefficient (Wildman–Crippen LogP) is 5.98. The molecule has 0 rings (SSSR count).